The molecule has 0 atom stereocenters. The number of carbonyl (C=O) groups is 3. The van der Waals surface area contributed by atoms with Crippen molar-refractivity contribution in [2.45, 2.75) is 6.92 Å². The summed E-state index contributed by atoms with van der Waals surface area (Å²) in [6.45, 7) is 1.77. The minimum absolute atomic E-state index is 0.183. The van der Waals surface area contributed by atoms with Crippen LogP contribution in [0.4, 0.5) is 10.7 Å². The van der Waals surface area contributed by atoms with Gasteiger partial charge < -0.3 is 19.8 Å². The van der Waals surface area contributed by atoms with Crippen molar-refractivity contribution in [3.05, 3.63) is 57.0 Å². The van der Waals surface area contributed by atoms with Crippen molar-refractivity contribution in [1.29, 1.82) is 0 Å². The average Bonchev–Trinajstić information content (AvgIpc) is 3.35. The van der Waals surface area contributed by atoms with Gasteiger partial charge in [-0.2, -0.15) is 0 Å². The van der Waals surface area contributed by atoms with Crippen molar-refractivity contribution in [2.24, 2.45) is 0 Å². The number of ether oxygens (including phenoxy) is 1. The summed E-state index contributed by atoms with van der Waals surface area (Å²) in [7, 11) is 1.28. The van der Waals surface area contributed by atoms with Crippen LogP contribution in [0, 0.1) is 6.92 Å². The zero-order valence-electron chi connectivity index (χ0n) is 13.8. The number of aryl methyl sites for hydroxylation is 1. The van der Waals surface area contributed by atoms with E-state index in [1.54, 1.807) is 36.6 Å². The number of esters is 1. The summed E-state index contributed by atoms with van der Waals surface area (Å²) in [6.07, 6.45) is 1.41. The summed E-state index contributed by atoms with van der Waals surface area (Å²) in [5, 5.41) is 7.61. The van der Waals surface area contributed by atoms with Crippen LogP contribution in [0.1, 0.15) is 35.5 Å². The lowest BCUT2D eigenvalue weighted by molar-refractivity contribution is 0.0607. The lowest BCUT2D eigenvalue weighted by Gasteiger charge is -2.04. The molecule has 0 spiro atoms. The summed E-state index contributed by atoms with van der Waals surface area (Å²) < 4.78 is 9.73. The summed E-state index contributed by atoms with van der Waals surface area (Å²) in [6, 6.07) is 6.51. The molecular weight excluding hydrogens is 376 g/mol. The molecule has 2 amide bonds. The van der Waals surface area contributed by atoms with E-state index in [1.165, 1.54) is 24.7 Å². The Bertz CT molecular complexity index is 956. The topological polar surface area (TPSA) is 97.6 Å². The maximum Gasteiger partial charge on any atom is 0.350 e. The smallest absolute Gasteiger partial charge is 0.350 e. The number of anilines is 2. The highest BCUT2D eigenvalue weighted by Gasteiger charge is 2.20. The monoisotopic (exact) mass is 390 g/mol. The van der Waals surface area contributed by atoms with Crippen LogP contribution in [0.3, 0.4) is 0 Å². The molecule has 26 heavy (non-hydrogen) atoms. The van der Waals surface area contributed by atoms with Crippen molar-refractivity contribution < 1.29 is 23.5 Å². The molecule has 3 aromatic heterocycles. The molecule has 0 saturated carbocycles. The highest BCUT2D eigenvalue weighted by atomic mass is 32.1. The van der Waals surface area contributed by atoms with E-state index >= 15 is 0 Å². The van der Waals surface area contributed by atoms with Crippen LogP contribution in [-0.4, -0.2) is 24.9 Å². The molecule has 134 valence electrons. The lowest BCUT2D eigenvalue weighted by atomic mass is 10.2. The number of methoxy groups -OCH3 is 1. The molecular formula is C17H14N2O5S2. The zero-order chi connectivity index (χ0) is 18.7. The minimum Gasteiger partial charge on any atom is -0.465 e. The Labute approximate surface area is 156 Å². The Morgan fingerprint density at radius 3 is 2.62 bits per heavy atom. The Hall–Kier alpha value is -2.91. The summed E-state index contributed by atoms with van der Waals surface area (Å²) in [4.78, 5) is 37.0. The number of amides is 2. The highest BCUT2D eigenvalue weighted by Crippen LogP contribution is 2.29. The van der Waals surface area contributed by atoms with Gasteiger partial charge >= 0.3 is 5.97 Å². The van der Waals surface area contributed by atoms with E-state index in [-0.39, 0.29) is 11.7 Å². The van der Waals surface area contributed by atoms with E-state index in [2.05, 4.69) is 10.6 Å². The quantitative estimate of drug-likeness (QED) is 0.642. The first-order valence-corrected chi connectivity index (χ1v) is 9.11. The number of carbonyl (C=O) groups excluding carboxylic acids is 3. The van der Waals surface area contributed by atoms with Crippen LogP contribution in [-0.2, 0) is 4.74 Å². The predicted molar refractivity (Wildman–Crippen MR) is 99.3 cm³/mol. The Morgan fingerprint density at radius 1 is 1.12 bits per heavy atom. The number of nitrogens with one attached hydrogen (secondary N) is 2. The molecule has 0 aromatic carbocycles. The fourth-order valence-corrected chi connectivity index (χ4v) is 3.92. The van der Waals surface area contributed by atoms with E-state index in [0.717, 1.165) is 11.3 Å². The van der Waals surface area contributed by atoms with E-state index in [4.69, 9.17) is 9.15 Å². The normalized spacial score (nSPS) is 10.4. The van der Waals surface area contributed by atoms with Gasteiger partial charge in [-0.3, -0.25) is 9.59 Å². The first kappa shape index (κ1) is 17.9. The van der Waals surface area contributed by atoms with E-state index in [1.807, 2.05) is 0 Å². The van der Waals surface area contributed by atoms with E-state index < -0.39 is 11.9 Å². The molecule has 3 rings (SSSR count). The third kappa shape index (κ3) is 3.68. The van der Waals surface area contributed by atoms with Gasteiger partial charge in [-0.15, -0.1) is 22.7 Å². The fourth-order valence-electron chi connectivity index (χ4n) is 2.19. The first-order valence-electron chi connectivity index (χ1n) is 7.42. The molecule has 2 N–H and O–H groups in total. The number of hydrogen-bond donors (Lipinski definition) is 2. The molecule has 9 heteroatoms. The third-order valence-corrected chi connectivity index (χ3v) is 5.44. The molecule has 0 unspecified atom stereocenters. The second kappa shape index (κ2) is 7.54. The molecule has 0 bridgehead atoms. The molecule has 0 radical (unpaired) electrons. The molecule has 3 aromatic rings. The first-order chi connectivity index (χ1) is 12.5. The lowest BCUT2D eigenvalue weighted by Crippen LogP contribution is -2.13. The number of rotatable bonds is 5. The summed E-state index contributed by atoms with van der Waals surface area (Å²) in [5.74, 6) is -1.09. The average molecular weight is 390 g/mol. The van der Waals surface area contributed by atoms with Crippen LogP contribution >= 0.6 is 22.7 Å². The van der Waals surface area contributed by atoms with Crippen molar-refractivity contribution in [3.8, 4) is 0 Å². The standard InChI is InChI=1S/C17H14N2O5S2/c1-9-8-12(19-15(20)11-4-3-6-24-11)26-13(9)16(21)18-10-5-7-25-14(10)17(22)23-2/h3-8H,1-2H3,(H,18,21)(H,19,20). The maximum atomic E-state index is 12.5. The van der Waals surface area contributed by atoms with Crippen LogP contribution in [0.2, 0.25) is 0 Å². The maximum absolute atomic E-state index is 12.5. The largest absolute Gasteiger partial charge is 0.465 e. The fraction of sp³-hybridized carbons (Fsp3) is 0.118. The van der Waals surface area contributed by atoms with Crippen LogP contribution in [0.15, 0.2) is 40.3 Å². The number of thiophene rings is 2. The van der Waals surface area contributed by atoms with Gasteiger partial charge in [0.1, 0.15) is 4.88 Å². The highest BCUT2D eigenvalue weighted by molar-refractivity contribution is 7.18. The van der Waals surface area contributed by atoms with E-state index in [9.17, 15) is 14.4 Å². The second-order valence-electron chi connectivity index (χ2n) is 5.16. The van der Waals surface area contributed by atoms with Crippen molar-refractivity contribution in [1.82, 2.24) is 0 Å². The minimum atomic E-state index is -0.510. The van der Waals surface area contributed by atoms with Crippen molar-refractivity contribution >= 4 is 51.1 Å². The Kier molecular flexibility index (Phi) is 5.19. The van der Waals surface area contributed by atoms with Crippen molar-refractivity contribution in [3.63, 3.8) is 0 Å². The zero-order valence-corrected chi connectivity index (χ0v) is 15.5. The van der Waals surface area contributed by atoms with Crippen LogP contribution < -0.4 is 10.6 Å². The Morgan fingerprint density at radius 2 is 1.92 bits per heavy atom. The number of hydrogen-bond acceptors (Lipinski definition) is 7. The molecule has 3 heterocycles. The molecule has 0 saturated heterocycles. The molecule has 0 aliphatic rings. The van der Waals surface area contributed by atoms with Gasteiger partial charge in [0.15, 0.2) is 5.76 Å². The Balaban J connectivity index is 1.75. The molecule has 0 aliphatic carbocycles. The molecule has 0 aliphatic heterocycles. The van der Waals surface area contributed by atoms with Crippen molar-refractivity contribution in [2.75, 3.05) is 17.7 Å². The number of furan rings is 1. The molecule has 7 nitrogen and oxygen atoms in total. The van der Waals surface area contributed by atoms with Gasteiger partial charge in [-0.25, -0.2) is 4.79 Å². The van der Waals surface area contributed by atoms with Crippen LogP contribution in [0.25, 0.3) is 0 Å². The van der Waals surface area contributed by atoms with Gasteiger partial charge in [0.05, 0.1) is 28.9 Å². The second-order valence-corrected chi connectivity index (χ2v) is 7.13. The SMILES string of the molecule is COC(=O)c1sccc1NC(=O)c1sc(NC(=O)c2ccco2)cc1C. The van der Waals surface area contributed by atoms with Gasteiger partial charge in [0.25, 0.3) is 11.8 Å². The predicted octanol–water partition coefficient (Wildman–Crippen LogP) is 4.00. The molecule has 0 fully saturated rings. The van der Waals surface area contributed by atoms with Gasteiger partial charge in [0.2, 0.25) is 0 Å². The third-order valence-electron chi connectivity index (χ3n) is 3.39. The van der Waals surface area contributed by atoms with E-state index in [0.29, 0.717) is 26.0 Å². The van der Waals surface area contributed by atoms with Gasteiger partial charge in [0, 0.05) is 0 Å². The summed E-state index contributed by atoms with van der Waals surface area (Å²) >= 11 is 2.32. The van der Waals surface area contributed by atoms with Crippen LogP contribution in [0.5, 0.6) is 0 Å². The van der Waals surface area contributed by atoms with Gasteiger partial charge in [-0.1, -0.05) is 0 Å². The summed E-state index contributed by atoms with van der Waals surface area (Å²) in [5.41, 5.74) is 1.10. The van der Waals surface area contributed by atoms with Gasteiger partial charge in [-0.05, 0) is 42.1 Å².